The Morgan fingerprint density at radius 1 is 1.47 bits per heavy atom. The number of rotatable bonds is 6. The van der Waals surface area contributed by atoms with Crippen LogP contribution in [0.2, 0.25) is 0 Å². The summed E-state index contributed by atoms with van der Waals surface area (Å²) in [5.74, 6) is 2.44. The van der Waals surface area contributed by atoms with E-state index in [0.717, 1.165) is 13.0 Å². The van der Waals surface area contributed by atoms with E-state index in [9.17, 15) is 4.79 Å². The predicted molar refractivity (Wildman–Crippen MR) is 74.6 cm³/mol. The van der Waals surface area contributed by atoms with Crippen molar-refractivity contribution in [2.45, 2.75) is 33.6 Å². The molecule has 1 fully saturated rings. The Kier molecular flexibility index (Phi) is 4.46. The van der Waals surface area contributed by atoms with Gasteiger partial charge in [-0.05, 0) is 37.0 Å². The van der Waals surface area contributed by atoms with Gasteiger partial charge in [0.05, 0.1) is 6.61 Å². The number of ketones is 1. The highest BCUT2D eigenvalue weighted by molar-refractivity contribution is 5.88. The van der Waals surface area contributed by atoms with Gasteiger partial charge in [-0.3, -0.25) is 4.79 Å². The van der Waals surface area contributed by atoms with Gasteiger partial charge in [0.25, 0.3) is 0 Å². The molecule has 0 N–H and O–H groups in total. The molecule has 3 aliphatic rings. The van der Waals surface area contributed by atoms with Crippen LogP contribution in [0.5, 0.6) is 0 Å². The zero-order valence-corrected chi connectivity index (χ0v) is 12.5. The van der Waals surface area contributed by atoms with Crippen molar-refractivity contribution in [3.63, 3.8) is 0 Å². The molecule has 3 rings (SSSR count). The van der Waals surface area contributed by atoms with E-state index in [0.29, 0.717) is 42.7 Å². The average Bonchev–Trinajstić information content (AvgIpc) is 2.36. The summed E-state index contributed by atoms with van der Waals surface area (Å²) in [6, 6.07) is 0. The molecule has 19 heavy (non-hydrogen) atoms. The standard InChI is InChI=1S/C16H26O3/c1-11(2)14(9-19-10-18-4)13-8-16(3)6-5-12(13)7-15(16)17/h5-6,11-14H,7-10H2,1-4H3/t12-,13+,14-,16+/m0/s1. The lowest BCUT2D eigenvalue weighted by atomic mass is 9.56. The Bertz CT molecular complexity index is 361. The minimum absolute atomic E-state index is 0.228. The van der Waals surface area contributed by atoms with Crippen LogP contribution < -0.4 is 0 Å². The molecule has 0 aromatic rings. The van der Waals surface area contributed by atoms with Gasteiger partial charge < -0.3 is 9.47 Å². The van der Waals surface area contributed by atoms with Gasteiger partial charge in [-0.1, -0.05) is 26.0 Å². The lowest BCUT2D eigenvalue weighted by Crippen LogP contribution is -2.46. The van der Waals surface area contributed by atoms with Gasteiger partial charge in [-0.25, -0.2) is 0 Å². The first-order valence-corrected chi connectivity index (χ1v) is 7.27. The normalized spacial score (nSPS) is 35.1. The molecule has 0 unspecified atom stereocenters. The van der Waals surface area contributed by atoms with Gasteiger partial charge in [0.15, 0.2) is 0 Å². The van der Waals surface area contributed by atoms with Crippen molar-refractivity contribution >= 4 is 5.78 Å². The molecule has 0 aromatic carbocycles. The number of allylic oxidation sites excluding steroid dienone is 2. The van der Waals surface area contributed by atoms with Crippen LogP contribution in [0.3, 0.4) is 0 Å². The van der Waals surface area contributed by atoms with E-state index in [1.165, 1.54) is 0 Å². The first-order chi connectivity index (χ1) is 8.98. The zero-order chi connectivity index (χ0) is 14.0. The highest BCUT2D eigenvalue weighted by atomic mass is 16.7. The maximum atomic E-state index is 12.1. The minimum atomic E-state index is -0.228. The maximum absolute atomic E-state index is 12.1. The first-order valence-electron chi connectivity index (χ1n) is 7.27. The number of carbonyl (C=O) groups excluding carboxylic acids is 1. The Morgan fingerprint density at radius 2 is 2.21 bits per heavy atom. The maximum Gasteiger partial charge on any atom is 0.146 e. The van der Waals surface area contributed by atoms with Gasteiger partial charge in [-0.2, -0.15) is 0 Å². The van der Waals surface area contributed by atoms with Crippen molar-refractivity contribution in [3.8, 4) is 0 Å². The minimum Gasteiger partial charge on any atom is -0.359 e. The number of ether oxygens (including phenoxy) is 2. The van der Waals surface area contributed by atoms with Crippen LogP contribution in [0.15, 0.2) is 12.2 Å². The molecule has 2 bridgehead atoms. The van der Waals surface area contributed by atoms with E-state index in [4.69, 9.17) is 9.47 Å². The van der Waals surface area contributed by atoms with E-state index in [1.807, 2.05) is 0 Å². The van der Waals surface area contributed by atoms with Crippen molar-refractivity contribution in [1.82, 2.24) is 0 Å². The molecule has 0 aromatic heterocycles. The van der Waals surface area contributed by atoms with Crippen molar-refractivity contribution in [2.75, 3.05) is 20.5 Å². The molecule has 0 spiro atoms. The van der Waals surface area contributed by atoms with Crippen LogP contribution in [0.1, 0.15) is 33.6 Å². The number of carbonyl (C=O) groups is 1. The smallest absolute Gasteiger partial charge is 0.146 e. The molecule has 0 aliphatic heterocycles. The van der Waals surface area contributed by atoms with Crippen LogP contribution >= 0.6 is 0 Å². The van der Waals surface area contributed by atoms with Crippen LogP contribution in [-0.2, 0) is 14.3 Å². The third-order valence-corrected chi connectivity index (χ3v) is 4.90. The lowest BCUT2D eigenvalue weighted by molar-refractivity contribution is -0.134. The number of Topliss-reactive ketones (excluding diaryl/α,β-unsaturated/α-hetero) is 1. The van der Waals surface area contributed by atoms with Crippen LogP contribution in [-0.4, -0.2) is 26.3 Å². The van der Waals surface area contributed by atoms with Crippen molar-refractivity contribution in [3.05, 3.63) is 12.2 Å². The third-order valence-electron chi connectivity index (χ3n) is 4.90. The molecule has 1 saturated carbocycles. The third kappa shape index (κ3) is 2.92. The fourth-order valence-electron chi connectivity index (χ4n) is 3.61. The highest BCUT2D eigenvalue weighted by Gasteiger charge is 2.48. The van der Waals surface area contributed by atoms with Crippen molar-refractivity contribution in [1.29, 1.82) is 0 Å². The zero-order valence-electron chi connectivity index (χ0n) is 12.5. The predicted octanol–water partition coefficient (Wildman–Crippen LogP) is 3.05. The Hall–Kier alpha value is -0.670. The SMILES string of the molecule is COCOC[C@@H](C(C)C)[C@@H]1C[C@@]2(C)C=C[C@H]1CC2=O. The molecule has 0 amide bonds. The molecular weight excluding hydrogens is 240 g/mol. The van der Waals surface area contributed by atoms with Crippen LogP contribution in [0.4, 0.5) is 0 Å². The summed E-state index contributed by atoms with van der Waals surface area (Å²) in [6.45, 7) is 7.66. The number of hydrogen-bond donors (Lipinski definition) is 0. The second-order valence-electron chi connectivity index (χ2n) is 6.62. The second-order valence-corrected chi connectivity index (χ2v) is 6.62. The van der Waals surface area contributed by atoms with Gasteiger partial charge in [-0.15, -0.1) is 0 Å². The molecule has 4 atom stereocenters. The van der Waals surface area contributed by atoms with E-state index in [-0.39, 0.29) is 5.41 Å². The van der Waals surface area contributed by atoms with E-state index in [1.54, 1.807) is 7.11 Å². The molecule has 0 saturated heterocycles. The second kappa shape index (κ2) is 5.76. The molecule has 3 heteroatoms. The summed E-state index contributed by atoms with van der Waals surface area (Å²) < 4.78 is 10.6. The fraction of sp³-hybridized carbons (Fsp3) is 0.812. The lowest BCUT2D eigenvalue weighted by Gasteiger charge is -2.47. The van der Waals surface area contributed by atoms with Crippen LogP contribution in [0, 0.1) is 29.1 Å². The van der Waals surface area contributed by atoms with Crippen LogP contribution in [0.25, 0.3) is 0 Å². The summed E-state index contributed by atoms with van der Waals surface area (Å²) in [7, 11) is 1.65. The summed E-state index contributed by atoms with van der Waals surface area (Å²) in [6.07, 6.45) is 6.09. The molecule has 0 radical (unpaired) electrons. The number of fused-ring (bicyclic) bond motifs is 2. The van der Waals surface area contributed by atoms with Gasteiger partial charge in [0, 0.05) is 18.9 Å². The first kappa shape index (κ1) is 14.7. The summed E-state index contributed by atoms with van der Waals surface area (Å²) in [4.78, 5) is 12.1. The van der Waals surface area contributed by atoms with E-state index < -0.39 is 0 Å². The van der Waals surface area contributed by atoms with E-state index >= 15 is 0 Å². The summed E-state index contributed by atoms with van der Waals surface area (Å²) in [5, 5.41) is 0. The van der Waals surface area contributed by atoms with Gasteiger partial charge in [0.2, 0.25) is 0 Å². The Balaban J connectivity index is 2.07. The van der Waals surface area contributed by atoms with Crippen molar-refractivity contribution in [2.24, 2.45) is 29.1 Å². The van der Waals surface area contributed by atoms with Gasteiger partial charge in [0.1, 0.15) is 12.6 Å². The summed E-state index contributed by atoms with van der Waals surface area (Å²) >= 11 is 0. The van der Waals surface area contributed by atoms with Gasteiger partial charge >= 0.3 is 0 Å². The average molecular weight is 266 g/mol. The Labute approximate surface area is 116 Å². The highest BCUT2D eigenvalue weighted by Crippen LogP contribution is 2.50. The van der Waals surface area contributed by atoms with Crippen molar-refractivity contribution < 1.29 is 14.3 Å². The fourth-order valence-corrected chi connectivity index (χ4v) is 3.61. The number of methoxy groups -OCH3 is 1. The molecule has 3 nitrogen and oxygen atoms in total. The molecule has 108 valence electrons. The van der Waals surface area contributed by atoms with E-state index in [2.05, 4.69) is 32.9 Å². The quantitative estimate of drug-likeness (QED) is 0.421. The Morgan fingerprint density at radius 3 is 2.74 bits per heavy atom. The molecular formula is C16H26O3. The summed E-state index contributed by atoms with van der Waals surface area (Å²) in [5.41, 5.74) is -0.228. The monoisotopic (exact) mass is 266 g/mol. The topological polar surface area (TPSA) is 35.5 Å². The molecule has 0 heterocycles. The largest absolute Gasteiger partial charge is 0.359 e. The number of hydrogen-bond acceptors (Lipinski definition) is 3. The molecule has 3 aliphatic carbocycles.